The molecule has 0 aromatic heterocycles. The van der Waals surface area contributed by atoms with E-state index < -0.39 is 0 Å². The Hall–Kier alpha value is -0.540. The first kappa shape index (κ1) is 14.5. The number of hydrogen-bond donors (Lipinski definition) is 2. The van der Waals surface area contributed by atoms with Crippen LogP contribution in [0.4, 0.5) is 4.39 Å². The highest BCUT2D eigenvalue weighted by atomic mass is 32.1. The van der Waals surface area contributed by atoms with Gasteiger partial charge in [-0.05, 0) is 51.0 Å². The van der Waals surface area contributed by atoms with E-state index in [1.54, 1.807) is 6.07 Å². The SMILES string of the molecule is CC(C)(C)NCc1ccc(CCCS)cc1F. The van der Waals surface area contributed by atoms with Crippen molar-refractivity contribution in [3.63, 3.8) is 0 Å². The monoisotopic (exact) mass is 255 g/mol. The molecule has 0 saturated heterocycles. The van der Waals surface area contributed by atoms with Gasteiger partial charge in [0.2, 0.25) is 0 Å². The fourth-order valence-electron chi connectivity index (χ4n) is 1.53. The molecule has 0 aliphatic carbocycles. The van der Waals surface area contributed by atoms with Crippen molar-refractivity contribution in [3.05, 3.63) is 35.1 Å². The van der Waals surface area contributed by atoms with Crippen LogP contribution in [-0.4, -0.2) is 11.3 Å². The highest BCUT2D eigenvalue weighted by Crippen LogP contribution is 2.13. The predicted molar refractivity (Wildman–Crippen MR) is 75.2 cm³/mol. The molecule has 0 aliphatic rings. The molecule has 1 aromatic rings. The molecular formula is C14H22FNS. The van der Waals surface area contributed by atoms with Crippen LogP contribution in [0.15, 0.2) is 18.2 Å². The summed E-state index contributed by atoms with van der Waals surface area (Å²) in [6, 6.07) is 5.53. The molecule has 0 fully saturated rings. The lowest BCUT2D eigenvalue weighted by Crippen LogP contribution is -2.35. The van der Waals surface area contributed by atoms with Crippen molar-refractivity contribution in [2.24, 2.45) is 0 Å². The third kappa shape index (κ3) is 5.55. The summed E-state index contributed by atoms with van der Waals surface area (Å²) in [5.41, 5.74) is 1.79. The van der Waals surface area contributed by atoms with Gasteiger partial charge < -0.3 is 5.32 Å². The molecule has 96 valence electrons. The lowest BCUT2D eigenvalue weighted by Gasteiger charge is -2.20. The molecule has 1 aromatic carbocycles. The molecule has 0 heterocycles. The summed E-state index contributed by atoms with van der Waals surface area (Å²) < 4.78 is 13.8. The Bertz CT molecular complexity index is 358. The summed E-state index contributed by atoms with van der Waals surface area (Å²) in [4.78, 5) is 0. The number of rotatable bonds is 5. The van der Waals surface area contributed by atoms with Crippen molar-refractivity contribution < 1.29 is 4.39 Å². The minimum atomic E-state index is -0.113. The maximum absolute atomic E-state index is 13.8. The van der Waals surface area contributed by atoms with E-state index in [1.165, 1.54) is 0 Å². The van der Waals surface area contributed by atoms with E-state index in [2.05, 4.69) is 38.7 Å². The molecule has 1 N–H and O–H groups in total. The van der Waals surface area contributed by atoms with Gasteiger partial charge in [0.05, 0.1) is 0 Å². The van der Waals surface area contributed by atoms with Crippen LogP contribution in [0, 0.1) is 5.82 Å². The van der Waals surface area contributed by atoms with E-state index in [0.717, 1.165) is 29.7 Å². The highest BCUT2D eigenvalue weighted by Gasteiger charge is 2.10. The van der Waals surface area contributed by atoms with E-state index in [9.17, 15) is 4.39 Å². The maximum atomic E-state index is 13.8. The first-order valence-electron chi connectivity index (χ1n) is 6.05. The van der Waals surface area contributed by atoms with Crippen molar-refractivity contribution in [3.8, 4) is 0 Å². The summed E-state index contributed by atoms with van der Waals surface area (Å²) in [7, 11) is 0. The van der Waals surface area contributed by atoms with Gasteiger partial charge in [0.25, 0.3) is 0 Å². The number of hydrogen-bond acceptors (Lipinski definition) is 2. The van der Waals surface area contributed by atoms with Gasteiger partial charge in [0.1, 0.15) is 5.82 Å². The van der Waals surface area contributed by atoms with Gasteiger partial charge in [-0.3, -0.25) is 0 Å². The average Bonchev–Trinajstić information content (AvgIpc) is 2.23. The van der Waals surface area contributed by atoms with Crippen LogP contribution in [0.5, 0.6) is 0 Å². The van der Waals surface area contributed by atoms with Crippen LogP contribution >= 0.6 is 12.6 Å². The predicted octanol–water partition coefficient (Wildman–Crippen LogP) is 3.58. The van der Waals surface area contributed by atoms with Gasteiger partial charge in [-0.2, -0.15) is 12.6 Å². The minimum Gasteiger partial charge on any atom is -0.308 e. The molecule has 0 spiro atoms. The quantitative estimate of drug-likeness (QED) is 0.766. The third-order valence-electron chi connectivity index (χ3n) is 2.55. The molecular weight excluding hydrogens is 233 g/mol. The fourth-order valence-corrected chi connectivity index (χ4v) is 1.69. The topological polar surface area (TPSA) is 12.0 Å². The second-order valence-electron chi connectivity index (χ2n) is 5.36. The van der Waals surface area contributed by atoms with E-state index in [1.807, 2.05) is 12.1 Å². The smallest absolute Gasteiger partial charge is 0.127 e. The molecule has 0 aliphatic heterocycles. The van der Waals surface area contributed by atoms with Gasteiger partial charge in [-0.15, -0.1) is 0 Å². The van der Waals surface area contributed by atoms with Gasteiger partial charge in [-0.25, -0.2) is 4.39 Å². The van der Waals surface area contributed by atoms with Crippen LogP contribution in [0.25, 0.3) is 0 Å². The van der Waals surface area contributed by atoms with Gasteiger partial charge in [0, 0.05) is 17.6 Å². The molecule has 0 radical (unpaired) electrons. The van der Waals surface area contributed by atoms with E-state index in [4.69, 9.17) is 0 Å². The zero-order valence-corrected chi connectivity index (χ0v) is 11.8. The molecule has 0 bridgehead atoms. The number of thiol groups is 1. The van der Waals surface area contributed by atoms with E-state index in [-0.39, 0.29) is 11.4 Å². The standard InChI is InChI=1S/C14H22FNS/c1-14(2,3)16-10-12-7-6-11(5-4-8-17)9-13(12)15/h6-7,9,16-17H,4-5,8,10H2,1-3H3. The average molecular weight is 255 g/mol. The number of halogens is 1. The second kappa shape index (κ2) is 6.41. The Labute approximate surface area is 109 Å². The fraction of sp³-hybridized carbons (Fsp3) is 0.571. The molecule has 1 nitrogen and oxygen atoms in total. The number of benzene rings is 1. The van der Waals surface area contributed by atoms with E-state index in [0.29, 0.717) is 6.54 Å². The van der Waals surface area contributed by atoms with Crippen molar-refractivity contribution in [2.75, 3.05) is 5.75 Å². The molecule has 0 amide bonds. The number of nitrogens with one attached hydrogen (secondary N) is 1. The largest absolute Gasteiger partial charge is 0.308 e. The third-order valence-corrected chi connectivity index (χ3v) is 2.87. The van der Waals surface area contributed by atoms with Crippen molar-refractivity contribution in [2.45, 2.75) is 45.7 Å². The zero-order valence-electron chi connectivity index (χ0n) is 10.9. The summed E-state index contributed by atoms with van der Waals surface area (Å²) in [5.74, 6) is 0.730. The van der Waals surface area contributed by atoms with E-state index >= 15 is 0 Å². The summed E-state index contributed by atoms with van der Waals surface area (Å²) >= 11 is 4.16. The molecule has 17 heavy (non-hydrogen) atoms. The Morgan fingerprint density at radius 2 is 2.00 bits per heavy atom. The van der Waals surface area contributed by atoms with Crippen LogP contribution in [0.3, 0.4) is 0 Å². The number of aryl methyl sites for hydroxylation is 1. The first-order chi connectivity index (χ1) is 7.92. The Balaban J connectivity index is 2.63. The van der Waals surface area contributed by atoms with Crippen LogP contribution in [0.2, 0.25) is 0 Å². The first-order valence-corrected chi connectivity index (χ1v) is 6.69. The molecule has 3 heteroatoms. The van der Waals surface area contributed by atoms with Crippen LogP contribution < -0.4 is 5.32 Å². The van der Waals surface area contributed by atoms with Crippen molar-refractivity contribution in [1.29, 1.82) is 0 Å². The Morgan fingerprint density at radius 1 is 1.29 bits per heavy atom. The van der Waals surface area contributed by atoms with Gasteiger partial charge >= 0.3 is 0 Å². The second-order valence-corrected chi connectivity index (χ2v) is 5.80. The van der Waals surface area contributed by atoms with Crippen molar-refractivity contribution in [1.82, 2.24) is 5.32 Å². The normalized spacial score (nSPS) is 11.8. The summed E-state index contributed by atoms with van der Waals surface area (Å²) in [5, 5.41) is 3.29. The summed E-state index contributed by atoms with van der Waals surface area (Å²) in [6.07, 6.45) is 1.88. The highest BCUT2D eigenvalue weighted by molar-refractivity contribution is 7.80. The molecule has 0 saturated carbocycles. The zero-order chi connectivity index (χ0) is 12.9. The molecule has 0 unspecified atom stereocenters. The van der Waals surface area contributed by atoms with Gasteiger partial charge in [0.15, 0.2) is 0 Å². The van der Waals surface area contributed by atoms with Gasteiger partial charge in [-0.1, -0.05) is 12.1 Å². The van der Waals surface area contributed by atoms with Crippen LogP contribution in [-0.2, 0) is 13.0 Å². The molecule has 1 rings (SSSR count). The summed E-state index contributed by atoms with van der Waals surface area (Å²) in [6.45, 7) is 6.80. The lowest BCUT2D eigenvalue weighted by molar-refractivity contribution is 0.418. The van der Waals surface area contributed by atoms with Crippen molar-refractivity contribution >= 4 is 12.6 Å². The Kier molecular flexibility index (Phi) is 5.47. The Morgan fingerprint density at radius 3 is 2.53 bits per heavy atom. The maximum Gasteiger partial charge on any atom is 0.127 e. The lowest BCUT2D eigenvalue weighted by atomic mass is 10.1. The minimum absolute atomic E-state index is 0.0111. The van der Waals surface area contributed by atoms with Crippen LogP contribution in [0.1, 0.15) is 38.3 Å². The molecule has 0 atom stereocenters.